The molecule has 4 rings (SSSR count). The fraction of sp³-hybridized carbons (Fsp3) is 0.333. The van der Waals surface area contributed by atoms with Crippen molar-refractivity contribution < 1.29 is 9.59 Å². The van der Waals surface area contributed by atoms with Gasteiger partial charge in [-0.05, 0) is 53.8 Å². The number of carbonyl (C=O) groups is 2. The van der Waals surface area contributed by atoms with E-state index in [1.54, 1.807) is 28.8 Å². The van der Waals surface area contributed by atoms with E-state index in [0.29, 0.717) is 22.2 Å². The molecule has 3 aromatic carbocycles. The average molecular weight is 634 g/mol. The van der Waals surface area contributed by atoms with E-state index in [-0.39, 0.29) is 30.2 Å². The van der Waals surface area contributed by atoms with E-state index in [4.69, 9.17) is 23.2 Å². The molecular formula is C30H31BrCl2N2O2S. The topological polar surface area (TPSA) is 49.4 Å². The third-order valence-corrected chi connectivity index (χ3v) is 8.84. The lowest BCUT2D eigenvalue weighted by Gasteiger charge is -2.32. The second-order valence-electron chi connectivity index (χ2n) is 9.57. The van der Waals surface area contributed by atoms with E-state index in [1.165, 1.54) is 0 Å². The number of hydrogen-bond acceptors (Lipinski definition) is 3. The number of carbonyl (C=O) groups excluding carboxylic acids is 2. The van der Waals surface area contributed by atoms with Gasteiger partial charge in [-0.2, -0.15) is 0 Å². The maximum atomic E-state index is 13.8. The van der Waals surface area contributed by atoms with Gasteiger partial charge in [-0.25, -0.2) is 0 Å². The van der Waals surface area contributed by atoms with Crippen LogP contribution in [0.1, 0.15) is 42.4 Å². The van der Waals surface area contributed by atoms with Gasteiger partial charge in [0.05, 0.1) is 5.75 Å². The summed E-state index contributed by atoms with van der Waals surface area (Å²) in [4.78, 5) is 29.2. The van der Waals surface area contributed by atoms with Gasteiger partial charge in [-0.15, -0.1) is 11.8 Å². The van der Waals surface area contributed by atoms with Crippen LogP contribution >= 0.6 is 50.9 Å². The Balaban J connectivity index is 1.58. The predicted molar refractivity (Wildman–Crippen MR) is 162 cm³/mol. The highest BCUT2D eigenvalue weighted by molar-refractivity contribution is 9.10. The highest BCUT2D eigenvalue weighted by atomic mass is 79.9. The number of halogens is 3. The first-order valence-corrected chi connectivity index (χ1v) is 15.5. The first-order valence-electron chi connectivity index (χ1n) is 12.8. The van der Waals surface area contributed by atoms with Crippen LogP contribution in [0.5, 0.6) is 0 Å². The fourth-order valence-corrected chi connectivity index (χ4v) is 6.28. The van der Waals surface area contributed by atoms with Crippen molar-refractivity contribution >= 4 is 62.7 Å². The smallest absolute Gasteiger partial charge is 0.243 e. The first kappa shape index (κ1) is 29.0. The Morgan fingerprint density at radius 1 is 0.974 bits per heavy atom. The molecule has 0 aromatic heterocycles. The van der Waals surface area contributed by atoms with E-state index < -0.39 is 6.04 Å². The highest BCUT2D eigenvalue weighted by Crippen LogP contribution is 2.26. The van der Waals surface area contributed by atoms with Gasteiger partial charge in [-0.1, -0.05) is 101 Å². The molecule has 200 valence electrons. The van der Waals surface area contributed by atoms with Crippen molar-refractivity contribution in [1.29, 1.82) is 0 Å². The number of benzene rings is 3. The van der Waals surface area contributed by atoms with Gasteiger partial charge in [-0.3, -0.25) is 9.59 Å². The Hall–Kier alpha value is -1.99. The molecular weight excluding hydrogens is 603 g/mol. The average Bonchev–Trinajstić information content (AvgIpc) is 3.42. The Morgan fingerprint density at radius 3 is 2.37 bits per heavy atom. The van der Waals surface area contributed by atoms with E-state index in [0.717, 1.165) is 46.8 Å². The molecule has 38 heavy (non-hydrogen) atoms. The van der Waals surface area contributed by atoms with Crippen molar-refractivity contribution in [1.82, 2.24) is 10.2 Å². The quantitative estimate of drug-likeness (QED) is 0.236. The maximum absolute atomic E-state index is 13.8. The zero-order chi connectivity index (χ0) is 26.9. The Bertz CT molecular complexity index is 1220. The molecule has 2 amide bonds. The van der Waals surface area contributed by atoms with E-state index in [1.807, 2.05) is 60.7 Å². The van der Waals surface area contributed by atoms with Gasteiger partial charge in [0, 0.05) is 39.3 Å². The number of thioether (sulfide) groups is 1. The van der Waals surface area contributed by atoms with Crippen LogP contribution < -0.4 is 5.32 Å². The Labute approximate surface area is 247 Å². The summed E-state index contributed by atoms with van der Waals surface area (Å²) in [5, 5.41) is 4.24. The summed E-state index contributed by atoms with van der Waals surface area (Å²) in [6.07, 6.45) is 4.61. The van der Waals surface area contributed by atoms with Gasteiger partial charge in [0.25, 0.3) is 0 Å². The molecule has 1 saturated carbocycles. The summed E-state index contributed by atoms with van der Waals surface area (Å²) in [6, 6.07) is 22.7. The van der Waals surface area contributed by atoms with Crippen molar-refractivity contribution in [2.45, 2.75) is 56.5 Å². The fourth-order valence-electron chi connectivity index (χ4n) is 4.67. The zero-order valence-corrected chi connectivity index (χ0v) is 25.0. The monoisotopic (exact) mass is 632 g/mol. The van der Waals surface area contributed by atoms with Gasteiger partial charge < -0.3 is 10.2 Å². The van der Waals surface area contributed by atoms with Gasteiger partial charge in [0.1, 0.15) is 6.04 Å². The van der Waals surface area contributed by atoms with Crippen molar-refractivity contribution in [2.24, 2.45) is 0 Å². The molecule has 8 heteroatoms. The summed E-state index contributed by atoms with van der Waals surface area (Å²) in [5.74, 6) is 0.743. The maximum Gasteiger partial charge on any atom is 0.243 e. The summed E-state index contributed by atoms with van der Waals surface area (Å²) < 4.78 is 1.02. The van der Waals surface area contributed by atoms with Gasteiger partial charge in [0.15, 0.2) is 0 Å². The number of nitrogens with one attached hydrogen (secondary N) is 1. The third-order valence-electron chi connectivity index (χ3n) is 6.74. The van der Waals surface area contributed by atoms with Crippen molar-refractivity contribution in [3.8, 4) is 0 Å². The molecule has 0 radical (unpaired) electrons. The molecule has 0 heterocycles. The Morgan fingerprint density at radius 2 is 1.68 bits per heavy atom. The molecule has 0 saturated heterocycles. The Kier molecular flexibility index (Phi) is 11.0. The molecule has 1 aliphatic carbocycles. The molecule has 0 spiro atoms. The number of nitrogens with zero attached hydrogens (tertiary/aromatic N) is 1. The molecule has 1 aliphatic rings. The molecule has 3 aromatic rings. The zero-order valence-electron chi connectivity index (χ0n) is 21.0. The van der Waals surface area contributed by atoms with Crippen molar-refractivity contribution in [3.05, 3.63) is 104 Å². The summed E-state index contributed by atoms with van der Waals surface area (Å²) in [7, 11) is 0. The van der Waals surface area contributed by atoms with Crippen LogP contribution in [0.25, 0.3) is 0 Å². The van der Waals surface area contributed by atoms with Gasteiger partial charge in [0.2, 0.25) is 11.8 Å². The summed E-state index contributed by atoms with van der Waals surface area (Å²) >= 11 is 17.7. The molecule has 0 aliphatic heterocycles. The lowest BCUT2D eigenvalue weighted by molar-refractivity contribution is -0.139. The standard InChI is InChI=1S/C30H31BrCl2N2O2S/c31-24-13-10-22(11-14-24)19-38-20-29(36)35(18-23-12-15-25(32)17-27(23)33)28(16-21-6-2-1-3-7-21)30(37)34-26-8-4-5-9-26/h1-3,6-7,10-15,17,26,28H,4-5,8-9,16,18-20H2,(H,34,37)/t28-/m0/s1. The molecule has 0 unspecified atom stereocenters. The van der Waals surface area contributed by atoms with Crippen LogP contribution in [-0.2, 0) is 28.3 Å². The highest BCUT2D eigenvalue weighted by Gasteiger charge is 2.32. The van der Waals surface area contributed by atoms with Crippen LogP contribution in [0.15, 0.2) is 77.3 Å². The molecule has 4 nitrogen and oxygen atoms in total. The van der Waals surface area contributed by atoms with Crippen molar-refractivity contribution in [2.75, 3.05) is 5.75 Å². The summed E-state index contributed by atoms with van der Waals surface area (Å²) in [6.45, 7) is 0.225. The number of amides is 2. The molecule has 1 fully saturated rings. The largest absolute Gasteiger partial charge is 0.352 e. The van der Waals surface area contributed by atoms with E-state index in [2.05, 4.69) is 21.2 Å². The molecule has 1 N–H and O–H groups in total. The second kappa shape index (κ2) is 14.4. The van der Waals surface area contributed by atoms with E-state index in [9.17, 15) is 9.59 Å². The van der Waals surface area contributed by atoms with Crippen LogP contribution in [-0.4, -0.2) is 34.6 Å². The van der Waals surface area contributed by atoms with Gasteiger partial charge >= 0.3 is 0 Å². The molecule has 1 atom stereocenters. The lowest BCUT2D eigenvalue weighted by atomic mass is 10.0. The van der Waals surface area contributed by atoms with Crippen molar-refractivity contribution in [3.63, 3.8) is 0 Å². The van der Waals surface area contributed by atoms with Crippen LogP contribution in [0.4, 0.5) is 0 Å². The second-order valence-corrected chi connectivity index (χ2v) is 12.3. The normalized spacial score (nSPS) is 14.3. The van der Waals surface area contributed by atoms with Crippen LogP contribution in [0, 0.1) is 0 Å². The first-order chi connectivity index (χ1) is 18.4. The third kappa shape index (κ3) is 8.51. The lowest BCUT2D eigenvalue weighted by Crippen LogP contribution is -2.52. The minimum atomic E-state index is -0.662. The minimum absolute atomic E-state index is 0.0966. The number of rotatable bonds is 11. The molecule has 0 bridgehead atoms. The SMILES string of the molecule is O=C(NC1CCCC1)[C@H](Cc1ccccc1)N(Cc1ccc(Cl)cc1Cl)C(=O)CSCc1ccc(Br)cc1. The van der Waals surface area contributed by atoms with Crippen LogP contribution in [0.2, 0.25) is 10.0 Å². The minimum Gasteiger partial charge on any atom is -0.352 e. The predicted octanol–water partition coefficient (Wildman–Crippen LogP) is 7.69. The number of hydrogen-bond donors (Lipinski definition) is 1. The van der Waals surface area contributed by atoms with E-state index >= 15 is 0 Å². The van der Waals surface area contributed by atoms with Crippen LogP contribution in [0.3, 0.4) is 0 Å². The summed E-state index contributed by atoms with van der Waals surface area (Å²) in [5.41, 5.74) is 2.90.